The molecule has 0 amide bonds. The normalized spacial score (nSPS) is 19.6. The number of nitrogens with zero attached hydrogens (tertiary/aromatic N) is 2. The van der Waals surface area contributed by atoms with Crippen LogP contribution in [-0.4, -0.2) is 48.2 Å². The van der Waals surface area contributed by atoms with Gasteiger partial charge in [-0.05, 0) is 25.0 Å². The van der Waals surface area contributed by atoms with E-state index in [0.717, 1.165) is 29.9 Å². The van der Waals surface area contributed by atoms with Crippen molar-refractivity contribution < 1.29 is 5.11 Å². The Balaban J connectivity index is 2.14. The molecule has 0 radical (unpaired) electrons. The van der Waals surface area contributed by atoms with E-state index in [9.17, 15) is 5.11 Å². The molecule has 0 bridgehead atoms. The molecule has 2 rings (SSSR count). The van der Waals surface area contributed by atoms with Gasteiger partial charge in [0.05, 0.1) is 12.6 Å². The van der Waals surface area contributed by atoms with Crippen LogP contribution in [0.4, 0.5) is 0 Å². The summed E-state index contributed by atoms with van der Waals surface area (Å²) in [5.41, 5.74) is 1.20. The van der Waals surface area contributed by atoms with E-state index in [4.69, 9.17) is 4.99 Å². The Morgan fingerprint density at radius 1 is 1.45 bits per heavy atom. The van der Waals surface area contributed by atoms with Crippen molar-refractivity contribution >= 4 is 21.9 Å². The molecule has 1 saturated heterocycles. The molecule has 122 valence electrons. The lowest BCUT2D eigenvalue weighted by atomic mass is 9.85. The van der Waals surface area contributed by atoms with E-state index < -0.39 is 0 Å². The first-order valence-electron chi connectivity index (χ1n) is 7.90. The number of halogens is 1. The maximum Gasteiger partial charge on any atom is 0.194 e. The lowest BCUT2D eigenvalue weighted by Gasteiger charge is -2.27. The number of aliphatic imine (C=N–C) groups is 1. The Hall–Kier alpha value is -1.07. The topological polar surface area (TPSA) is 47.9 Å². The highest BCUT2D eigenvalue weighted by Crippen LogP contribution is 2.30. The van der Waals surface area contributed by atoms with Crippen LogP contribution in [0.3, 0.4) is 0 Å². The third-order valence-corrected chi connectivity index (χ3v) is 4.72. The molecule has 0 aliphatic carbocycles. The number of guanidine groups is 1. The number of rotatable bonds is 4. The number of aliphatic hydroxyl groups excluding tert-OH is 1. The minimum atomic E-state index is -0.236. The molecule has 0 aromatic heterocycles. The second-order valence-electron chi connectivity index (χ2n) is 6.42. The molecule has 4 nitrogen and oxygen atoms in total. The first-order chi connectivity index (χ1) is 10.4. The van der Waals surface area contributed by atoms with E-state index >= 15 is 0 Å². The Bertz CT molecular complexity index is 530. The molecule has 2 N–H and O–H groups in total. The van der Waals surface area contributed by atoms with E-state index in [2.05, 4.69) is 65.1 Å². The molecule has 1 aliphatic heterocycles. The van der Waals surface area contributed by atoms with E-state index in [1.165, 1.54) is 5.56 Å². The van der Waals surface area contributed by atoms with Gasteiger partial charge in [0.25, 0.3) is 0 Å². The number of β-amino-alcohol motifs (C(OH)–C–C–N with tert-alkyl or cyclic N) is 1. The number of likely N-dealkylation sites (tertiary alicyclic amines) is 1. The highest BCUT2D eigenvalue weighted by atomic mass is 79.9. The first kappa shape index (κ1) is 17.3. The third-order valence-electron chi connectivity index (χ3n) is 4.02. The van der Waals surface area contributed by atoms with Crippen LogP contribution in [0, 0.1) is 0 Å². The second-order valence-corrected chi connectivity index (χ2v) is 7.28. The molecule has 1 heterocycles. The number of nitrogens with one attached hydrogen (secondary N) is 1. The Kier molecular flexibility index (Phi) is 5.87. The van der Waals surface area contributed by atoms with Gasteiger partial charge >= 0.3 is 0 Å². The SMILES string of the molecule is CCNC(=NCC(C)(C)c1ccccc1Br)N1CC[C@@H](O)C1. The molecule has 5 heteroatoms. The molecule has 22 heavy (non-hydrogen) atoms. The van der Waals surface area contributed by atoms with Gasteiger partial charge in [-0.3, -0.25) is 4.99 Å². The summed E-state index contributed by atoms with van der Waals surface area (Å²) >= 11 is 3.64. The van der Waals surface area contributed by atoms with Gasteiger partial charge in [0.2, 0.25) is 0 Å². The van der Waals surface area contributed by atoms with Crippen LogP contribution in [0.2, 0.25) is 0 Å². The molecule has 1 aliphatic rings. The zero-order valence-electron chi connectivity index (χ0n) is 13.6. The molecule has 1 fully saturated rings. The Morgan fingerprint density at radius 2 is 2.18 bits per heavy atom. The number of hydrogen-bond acceptors (Lipinski definition) is 2. The summed E-state index contributed by atoms with van der Waals surface area (Å²) in [5, 5.41) is 13.1. The Labute approximate surface area is 141 Å². The fourth-order valence-electron chi connectivity index (χ4n) is 2.73. The lowest BCUT2D eigenvalue weighted by Crippen LogP contribution is -2.41. The number of hydrogen-bond donors (Lipinski definition) is 2. The predicted octanol–water partition coefficient (Wildman–Crippen LogP) is 2.76. The maximum absolute atomic E-state index is 9.73. The molecular weight excluding hydrogens is 342 g/mol. The van der Waals surface area contributed by atoms with Crippen molar-refractivity contribution in [1.82, 2.24) is 10.2 Å². The van der Waals surface area contributed by atoms with Crippen LogP contribution >= 0.6 is 15.9 Å². The van der Waals surface area contributed by atoms with Crippen molar-refractivity contribution in [2.45, 2.75) is 38.7 Å². The van der Waals surface area contributed by atoms with E-state index in [0.29, 0.717) is 13.1 Å². The van der Waals surface area contributed by atoms with Gasteiger partial charge in [-0.15, -0.1) is 0 Å². The van der Waals surface area contributed by atoms with Crippen molar-refractivity contribution in [3.8, 4) is 0 Å². The molecule has 1 aromatic rings. The van der Waals surface area contributed by atoms with Crippen LogP contribution in [0.5, 0.6) is 0 Å². The summed E-state index contributed by atoms with van der Waals surface area (Å²) in [5.74, 6) is 0.902. The molecule has 0 saturated carbocycles. The van der Waals surface area contributed by atoms with Gasteiger partial charge < -0.3 is 15.3 Å². The smallest absolute Gasteiger partial charge is 0.194 e. The average Bonchev–Trinajstić information content (AvgIpc) is 2.90. The Morgan fingerprint density at radius 3 is 2.77 bits per heavy atom. The third kappa shape index (κ3) is 4.23. The van der Waals surface area contributed by atoms with Crippen LogP contribution < -0.4 is 5.32 Å². The largest absolute Gasteiger partial charge is 0.391 e. The minimum absolute atomic E-state index is 0.0564. The van der Waals surface area contributed by atoms with Crippen molar-refractivity contribution in [2.24, 2.45) is 4.99 Å². The molecule has 1 aromatic carbocycles. The lowest BCUT2D eigenvalue weighted by molar-refractivity contribution is 0.187. The monoisotopic (exact) mass is 367 g/mol. The molecule has 0 spiro atoms. The summed E-state index contributed by atoms with van der Waals surface area (Å²) in [7, 11) is 0. The maximum atomic E-state index is 9.73. The highest BCUT2D eigenvalue weighted by Gasteiger charge is 2.26. The van der Waals surface area contributed by atoms with Gasteiger partial charge in [0, 0.05) is 29.5 Å². The number of benzene rings is 1. The van der Waals surface area contributed by atoms with Gasteiger partial charge in [0.1, 0.15) is 0 Å². The van der Waals surface area contributed by atoms with Crippen molar-refractivity contribution in [2.75, 3.05) is 26.2 Å². The van der Waals surface area contributed by atoms with Crippen LogP contribution in [0.25, 0.3) is 0 Å². The number of aliphatic hydroxyl groups is 1. The summed E-state index contributed by atoms with van der Waals surface area (Å²) in [6.07, 6.45) is 0.582. The summed E-state index contributed by atoms with van der Waals surface area (Å²) in [6.45, 7) is 9.55. The second kappa shape index (κ2) is 7.47. The van der Waals surface area contributed by atoms with Crippen LogP contribution in [0.15, 0.2) is 33.7 Å². The summed E-state index contributed by atoms with van der Waals surface area (Å²) < 4.78 is 1.12. The zero-order valence-corrected chi connectivity index (χ0v) is 15.2. The quantitative estimate of drug-likeness (QED) is 0.635. The van der Waals surface area contributed by atoms with Gasteiger partial charge in [-0.25, -0.2) is 0 Å². The zero-order chi connectivity index (χ0) is 16.2. The van der Waals surface area contributed by atoms with Crippen LogP contribution in [0.1, 0.15) is 32.8 Å². The summed E-state index contributed by atoms with van der Waals surface area (Å²) in [4.78, 5) is 6.96. The van der Waals surface area contributed by atoms with E-state index in [1.807, 2.05) is 6.07 Å². The fourth-order valence-corrected chi connectivity index (χ4v) is 3.55. The van der Waals surface area contributed by atoms with Crippen molar-refractivity contribution in [3.05, 3.63) is 34.3 Å². The average molecular weight is 368 g/mol. The molecular formula is C17H26BrN3O. The standard InChI is InChI=1S/C17H26BrN3O/c1-4-19-16(21-10-9-13(22)11-21)20-12-17(2,3)14-7-5-6-8-15(14)18/h5-8,13,22H,4,9-12H2,1-3H3,(H,19,20)/t13-/m1/s1. The van der Waals surface area contributed by atoms with Gasteiger partial charge in [0.15, 0.2) is 5.96 Å². The fraction of sp³-hybridized carbons (Fsp3) is 0.588. The van der Waals surface area contributed by atoms with Gasteiger partial charge in [-0.1, -0.05) is 48.0 Å². The van der Waals surface area contributed by atoms with Crippen molar-refractivity contribution in [1.29, 1.82) is 0 Å². The molecule has 0 unspecified atom stereocenters. The first-order valence-corrected chi connectivity index (χ1v) is 8.69. The molecule has 1 atom stereocenters. The predicted molar refractivity (Wildman–Crippen MR) is 95.3 cm³/mol. The minimum Gasteiger partial charge on any atom is -0.391 e. The van der Waals surface area contributed by atoms with Crippen molar-refractivity contribution in [3.63, 3.8) is 0 Å². The van der Waals surface area contributed by atoms with Gasteiger partial charge in [-0.2, -0.15) is 0 Å². The van der Waals surface area contributed by atoms with Crippen LogP contribution in [-0.2, 0) is 5.41 Å². The highest BCUT2D eigenvalue weighted by molar-refractivity contribution is 9.10. The summed E-state index contributed by atoms with van der Waals surface area (Å²) in [6, 6.07) is 8.31. The van der Waals surface area contributed by atoms with E-state index in [-0.39, 0.29) is 11.5 Å². The van der Waals surface area contributed by atoms with E-state index in [1.54, 1.807) is 0 Å².